The summed E-state index contributed by atoms with van der Waals surface area (Å²) in [4.78, 5) is 29.7. The predicted octanol–water partition coefficient (Wildman–Crippen LogP) is 6.03. The Kier molecular flexibility index (Phi) is 7.57. The number of hydrogen-bond donors (Lipinski definition) is 2. The topological polar surface area (TPSA) is 91.3 Å². The van der Waals surface area contributed by atoms with Crippen molar-refractivity contribution in [3.8, 4) is 11.1 Å². The molecule has 9 heteroatoms. The van der Waals surface area contributed by atoms with Crippen molar-refractivity contribution in [2.45, 2.75) is 92.0 Å². The van der Waals surface area contributed by atoms with Crippen molar-refractivity contribution < 1.29 is 28.6 Å². The van der Waals surface area contributed by atoms with Gasteiger partial charge >= 0.3 is 12.0 Å². The van der Waals surface area contributed by atoms with Gasteiger partial charge in [-0.15, -0.1) is 0 Å². The van der Waals surface area contributed by atoms with Gasteiger partial charge in [-0.1, -0.05) is 12.1 Å². The molecule has 0 saturated carbocycles. The minimum absolute atomic E-state index is 0.0820. The van der Waals surface area contributed by atoms with Crippen LogP contribution in [-0.4, -0.2) is 64.4 Å². The zero-order valence-corrected chi connectivity index (χ0v) is 25.2. The molecule has 2 amide bonds. The highest BCUT2D eigenvalue weighted by Crippen LogP contribution is 2.46. The standard InChI is InChI=1S/C32H42FN3O5/c1-18-23-14-36(30(39)35-12-10-32(7,33)17-35)15-24(23)19(2)26(28(29(37)38)41-31(4,5)6)25(18)22-9-8-21-16-40-13-11-34-27(21)20(22)3/h8-9,28,34H,10-17H2,1-7H3,(H,37,38)/t28-,32?/m0/s1. The first kappa shape index (κ1) is 29.3. The van der Waals surface area contributed by atoms with Crippen molar-refractivity contribution in [1.29, 1.82) is 0 Å². The van der Waals surface area contributed by atoms with Crippen molar-refractivity contribution in [2.75, 3.05) is 31.6 Å². The number of alkyl halides is 1. The molecule has 8 nitrogen and oxygen atoms in total. The van der Waals surface area contributed by atoms with Crippen molar-refractivity contribution in [3.63, 3.8) is 0 Å². The van der Waals surface area contributed by atoms with E-state index in [1.807, 2.05) is 46.8 Å². The van der Waals surface area contributed by atoms with Gasteiger partial charge < -0.3 is 29.7 Å². The number of fused-ring (bicyclic) bond motifs is 2. The van der Waals surface area contributed by atoms with Gasteiger partial charge in [0.05, 0.1) is 25.4 Å². The Balaban J connectivity index is 1.67. The summed E-state index contributed by atoms with van der Waals surface area (Å²) in [7, 11) is 0. The summed E-state index contributed by atoms with van der Waals surface area (Å²) in [5.74, 6) is -1.06. The SMILES string of the molecule is Cc1c(-c2c(C)c3c(c(C)c2[C@H](OC(C)(C)C)C(=O)O)CN(C(=O)N2CCC(C)(F)C2)C3)ccc2c1NCCOC2. The third-order valence-electron chi connectivity index (χ3n) is 8.56. The van der Waals surface area contributed by atoms with E-state index in [-0.39, 0.29) is 12.6 Å². The summed E-state index contributed by atoms with van der Waals surface area (Å²) in [5.41, 5.74) is 7.07. The highest BCUT2D eigenvalue weighted by Gasteiger charge is 2.41. The number of carbonyl (C=O) groups excluding carboxylic acids is 1. The average molecular weight is 568 g/mol. The van der Waals surface area contributed by atoms with E-state index in [0.717, 1.165) is 50.2 Å². The van der Waals surface area contributed by atoms with E-state index in [2.05, 4.69) is 12.2 Å². The summed E-state index contributed by atoms with van der Waals surface area (Å²) in [5, 5.41) is 14.0. The Hall–Kier alpha value is -3.17. The zero-order valence-electron chi connectivity index (χ0n) is 25.2. The van der Waals surface area contributed by atoms with Gasteiger partial charge in [0.1, 0.15) is 5.67 Å². The second-order valence-corrected chi connectivity index (χ2v) is 12.9. The Morgan fingerprint density at radius 3 is 2.39 bits per heavy atom. The quantitative estimate of drug-likeness (QED) is 0.469. The molecule has 5 rings (SSSR count). The number of anilines is 1. The van der Waals surface area contributed by atoms with Gasteiger partial charge in [0.15, 0.2) is 6.10 Å². The van der Waals surface area contributed by atoms with Crippen LogP contribution in [0.3, 0.4) is 0 Å². The first-order valence-electron chi connectivity index (χ1n) is 14.4. The Labute approximate surface area is 241 Å². The van der Waals surface area contributed by atoms with Crippen LogP contribution in [0.1, 0.15) is 79.2 Å². The lowest BCUT2D eigenvalue weighted by Gasteiger charge is -2.30. The molecule has 2 aromatic rings. The number of nitrogens with one attached hydrogen (secondary N) is 1. The monoisotopic (exact) mass is 567 g/mol. The van der Waals surface area contributed by atoms with Crippen LogP contribution in [0.15, 0.2) is 12.1 Å². The van der Waals surface area contributed by atoms with E-state index in [9.17, 15) is 19.1 Å². The molecule has 1 unspecified atom stereocenters. The predicted molar refractivity (Wildman–Crippen MR) is 156 cm³/mol. The maximum absolute atomic E-state index is 14.6. The molecule has 41 heavy (non-hydrogen) atoms. The van der Waals surface area contributed by atoms with Gasteiger partial charge in [0.25, 0.3) is 0 Å². The maximum Gasteiger partial charge on any atom is 0.337 e. The number of rotatable bonds is 4. The van der Waals surface area contributed by atoms with Crippen LogP contribution in [0.4, 0.5) is 14.9 Å². The van der Waals surface area contributed by atoms with Gasteiger partial charge in [0, 0.05) is 49.4 Å². The molecule has 2 N–H and O–H groups in total. The normalized spacial score (nSPS) is 21.3. The van der Waals surface area contributed by atoms with Crippen LogP contribution in [0.25, 0.3) is 11.1 Å². The molecule has 0 aliphatic carbocycles. The van der Waals surface area contributed by atoms with Crippen LogP contribution in [-0.2, 0) is 34.0 Å². The molecular weight excluding hydrogens is 525 g/mol. The molecule has 2 aromatic carbocycles. The number of amides is 2. The lowest BCUT2D eigenvalue weighted by atomic mass is 9.81. The van der Waals surface area contributed by atoms with Crippen LogP contribution >= 0.6 is 0 Å². The first-order valence-corrected chi connectivity index (χ1v) is 14.4. The maximum atomic E-state index is 14.6. The number of benzene rings is 2. The third kappa shape index (κ3) is 5.54. The molecule has 222 valence electrons. The molecular formula is C32H42FN3O5. The second kappa shape index (κ2) is 10.6. The van der Waals surface area contributed by atoms with Crippen LogP contribution < -0.4 is 5.32 Å². The minimum atomic E-state index is -1.38. The van der Waals surface area contributed by atoms with Gasteiger partial charge in [-0.3, -0.25) is 0 Å². The number of carbonyl (C=O) groups is 2. The lowest BCUT2D eigenvalue weighted by molar-refractivity contribution is -0.160. The summed E-state index contributed by atoms with van der Waals surface area (Å²) >= 11 is 0. The zero-order chi connectivity index (χ0) is 29.9. The van der Waals surface area contributed by atoms with E-state index < -0.39 is 23.3 Å². The molecule has 0 spiro atoms. The van der Waals surface area contributed by atoms with E-state index in [1.54, 1.807) is 9.80 Å². The lowest BCUT2D eigenvalue weighted by Crippen LogP contribution is -2.40. The Morgan fingerprint density at radius 2 is 1.78 bits per heavy atom. The smallest absolute Gasteiger partial charge is 0.337 e. The number of nitrogens with zero attached hydrogens (tertiary/aromatic N) is 2. The summed E-state index contributed by atoms with van der Waals surface area (Å²) in [6, 6.07) is 3.90. The Morgan fingerprint density at radius 1 is 1.10 bits per heavy atom. The highest BCUT2D eigenvalue weighted by molar-refractivity contribution is 5.87. The second-order valence-electron chi connectivity index (χ2n) is 12.9. The van der Waals surface area contributed by atoms with E-state index >= 15 is 0 Å². The molecule has 0 aromatic heterocycles. The van der Waals surface area contributed by atoms with Crippen molar-refractivity contribution in [1.82, 2.24) is 9.80 Å². The number of likely N-dealkylation sites (tertiary alicyclic amines) is 1. The molecule has 0 radical (unpaired) electrons. The van der Waals surface area contributed by atoms with E-state index in [0.29, 0.717) is 51.4 Å². The highest BCUT2D eigenvalue weighted by atomic mass is 19.1. The third-order valence-corrected chi connectivity index (χ3v) is 8.56. The van der Waals surface area contributed by atoms with Crippen molar-refractivity contribution in [2.24, 2.45) is 0 Å². The molecule has 2 atom stereocenters. The molecule has 0 bridgehead atoms. The first-order chi connectivity index (χ1) is 19.2. The van der Waals surface area contributed by atoms with Crippen molar-refractivity contribution in [3.05, 3.63) is 51.1 Å². The fourth-order valence-electron chi connectivity index (χ4n) is 6.54. The number of hydrogen-bond acceptors (Lipinski definition) is 5. The largest absolute Gasteiger partial charge is 0.479 e. The molecule has 3 aliphatic rings. The van der Waals surface area contributed by atoms with Gasteiger partial charge in [0.2, 0.25) is 0 Å². The molecule has 3 aliphatic heterocycles. The van der Waals surface area contributed by atoms with Crippen LogP contribution in [0, 0.1) is 20.8 Å². The summed E-state index contributed by atoms with van der Waals surface area (Å²) < 4.78 is 26.5. The van der Waals surface area contributed by atoms with Gasteiger partial charge in [-0.2, -0.15) is 0 Å². The van der Waals surface area contributed by atoms with Crippen LogP contribution in [0.2, 0.25) is 0 Å². The van der Waals surface area contributed by atoms with Gasteiger partial charge in [-0.05, 0) is 87.4 Å². The van der Waals surface area contributed by atoms with Crippen LogP contribution in [0.5, 0.6) is 0 Å². The molecule has 1 fully saturated rings. The van der Waals surface area contributed by atoms with Gasteiger partial charge in [-0.25, -0.2) is 14.0 Å². The number of carboxylic acids is 1. The number of ether oxygens (including phenoxy) is 2. The number of aliphatic carboxylic acids is 1. The number of halogens is 1. The fraction of sp³-hybridized carbons (Fsp3) is 0.562. The summed E-state index contributed by atoms with van der Waals surface area (Å²) in [6.07, 6.45) is -0.883. The van der Waals surface area contributed by atoms with E-state index in [1.165, 1.54) is 6.92 Å². The fourth-order valence-corrected chi connectivity index (χ4v) is 6.54. The molecule has 3 heterocycles. The Bertz CT molecular complexity index is 1400. The van der Waals surface area contributed by atoms with Crippen molar-refractivity contribution >= 4 is 17.7 Å². The minimum Gasteiger partial charge on any atom is -0.479 e. The number of carboxylic acid groups (broad SMARTS) is 1. The number of urea groups is 1. The molecule has 1 saturated heterocycles. The summed E-state index contributed by atoms with van der Waals surface area (Å²) in [6.45, 7) is 16.1. The average Bonchev–Trinajstić information content (AvgIpc) is 3.40. The van der Waals surface area contributed by atoms with E-state index in [4.69, 9.17) is 9.47 Å².